The molecule has 2 N–H and O–H groups in total. The van der Waals surface area contributed by atoms with Gasteiger partial charge >= 0.3 is 0 Å². The third-order valence-corrected chi connectivity index (χ3v) is 4.03. The second-order valence-corrected chi connectivity index (χ2v) is 6.12. The standard InChI is InChI=1S/C16H25N3O4/c1-11-9-18(4-5-22-11)15-6-14(7-16(8-15)19(20)21)10-23-13(3)12(2)17/h6-8,11-13H,4-5,9-10,17H2,1-3H3/t11-,12+,13+/m0/s1. The van der Waals surface area contributed by atoms with Gasteiger partial charge in [-0.25, -0.2) is 0 Å². The molecule has 1 aromatic rings. The van der Waals surface area contributed by atoms with Gasteiger partial charge in [0.15, 0.2) is 0 Å². The predicted octanol–water partition coefficient (Wildman–Crippen LogP) is 2.07. The summed E-state index contributed by atoms with van der Waals surface area (Å²) in [5.41, 5.74) is 7.48. The molecule has 0 radical (unpaired) electrons. The van der Waals surface area contributed by atoms with Crippen molar-refractivity contribution in [2.45, 2.75) is 45.6 Å². The number of hydrogen-bond donors (Lipinski definition) is 1. The molecule has 0 aliphatic carbocycles. The predicted molar refractivity (Wildman–Crippen MR) is 88.6 cm³/mol. The average Bonchev–Trinajstić information content (AvgIpc) is 2.52. The normalized spacial score (nSPS) is 21.0. The average molecular weight is 323 g/mol. The van der Waals surface area contributed by atoms with Crippen LogP contribution in [0.1, 0.15) is 26.3 Å². The van der Waals surface area contributed by atoms with Gasteiger partial charge in [-0.05, 0) is 32.4 Å². The quantitative estimate of drug-likeness (QED) is 0.636. The fourth-order valence-electron chi connectivity index (χ4n) is 2.46. The summed E-state index contributed by atoms with van der Waals surface area (Å²) in [6, 6.07) is 5.02. The van der Waals surface area contributed by atoms with E-state index in [1.165, 1.54) is 0 Å². The maximum Gasteiger partial charge on any atom is 0.271 e. The Bertz CT molecular complexity index is 550. The Hall–Kier alpha value is -1.70. The summed E-state index contributed by atoms with van der Waals surface area (Å²) >= 11 is 0. The van der Waals surface area contributed by atoms with Crippen LogP contribution in [0.4, 0.5) is 11.4 Å². The number of morpholine rings is 1. The van der Waals surface area contributed by atoms with E-state index in [1.54, 1.807) is 12.1 Å². The molecular weight excluding hydrogens is 298 g/mol. The van der Waals surface area contributed by atoms with Crippen molar-refractivity contribution in [1.82, 2.24) is 0 Å². The van der Waals surface area contributed by atoms with Gasteiger partial charge in [0.1, 0.15) is 0 Å². The zero-order valence-corrected chi connectivity index (χ0v) is 13.9. The smallest absolute Gasteiger partial charge is 0.271 e. The van der Waals surface area contributed by atoms with Gasteiger partial charge in [-0.2, -0.15) is 0 Å². The Morgan fingerprint density at radius 1 is 1.48 bits per heavy atom. The molecule has 23 heavy (non-hydrogen) atoms. The summed E-state index contributed by atoms with van der Waals surface area (Å²) in [6.07, 6.45) is 0.00180. The molecule has 0 aromatic heterocycles. The topological polar surface area (TPSA) is 90.9 Å². The van der Waals surface area contributed by atoms with Crippen LogP contribution < -0.4 is 10.6 Å². The molecule has 2 rings (SSSR count). The van der Waals surface area contributed by atoms with Gasteiger partial charge in [-0.3, -0.25) is 10.1 Å². The van der Waals surface area contributed by atoms with Gasteiger partial charge < -0.3 is 20.1 Å². The molecule has 1 aliphatic rings. The zero-order chi connectivity index (χ0) is 17.0. The number of hydrogen-bond acceptors (Lipinski definition) is 6. The number of nitro groups is 1. The highest BCUT2D eigenvalue weighted by molar-refractivity contribution is 5.56. The minimum atomic E-state index is -0.369. The van der Waals surface area contributed by atoms with E-state index in [4.69, 9.17) is 15.2 Å². The van der Waals surface area contributed by atoms with Crippen LogP contribution in [0.3, 0.4) is 0 Å². The molecule has 1 aliphatic heterocycles. The van der Waals surface area contributed by atoms with Crippen molar-refractivity contribution in [2.24, 2.45) is 5.73 Å². The Morgan fingerprint density at radius 3 is 2.83 bits per heavy atom. The summed E-state index contributed by atoms with van der Waals surface area (Å²) < 4.78 is 11.2. The fourth-order valence-corrected chi connectivity index (χ4v) is 2.46. The SMILES string of the molecule is C[C@H]1CN(c2cc(CO[C@H](C)[C@@H](C)N)cc([N+](=O)[O-])c2)CCO1. The van der Waals surface area contributed by atoms with Gasteiger partial charge in [-0.1, -0.05) is 0 Å². The summed E-state index contributed by atoms with van der Waals surface area (Å²) in [6.45, 7) is 8.14. The van der Waals surface area contributed by atoms with E-state index in [9.17, 15) is 10.1 Å². The van der Waals surface area contributed by atoms with Crippen LogP contribution >= 0.6 is 0 Å². The highest BCUT2D eigenvalue weighted by Gasteiger charge is 2.20. The number of nitro benzene ring substituents is 1. The molecule has 7 nitrogen and oxygen atoms in total. The highest BCUT2D eigenvalue weighted by Crippen LogP contribution is 2.26. The Kier molecular flexibility index (Phi) is 5.92. The Morgan fingerprint density at radius 2 is 2.22 bits per heavy atom. The van der Waals surface area contributed by atoms with Gasteiger partial charge in [-0.15, -0.1) is 0 Å². The molecule has 0 spiro atoms. The maximum absolute atomic E-state index is 11.2. The van der Waals surface area contributed by atoms with Crippen molar-refractivity contribution in [3.8, 4) is 0 Å². The van der Waals surface area contributed by atoms with Crippen molar-refractivity contribution in [1.29, 1.82) is 0 Å². The van der Waals surface area contributed by atoms with Crippen LogP contribution in [0.25, 0.3) is 0 Å². The van der Waals surface area contributed by atoms with Crippen LogP contribution in [0.15, 0.2) is 18.2 Å². The van der Waals surface area contributed by atoms with Gasteiger partial charge in [0, 0.05) is 37.0 Å². The number of nitrogens with zero attached hydrogens (tertiary/aromatic N) is 2. The molecule has 0 saturated carbocycles. The first-order valence-electron chi connectivity index (χ1n) is 7.89. The number of ether oxygens (including phenoxy) is 2. The fraction of sp³-hybridized carbons (Fsp3) is 0.625. The lowest BCUT2D eigenvalue weighted by Crippen LogP contribution is -2.41. The first-order valence-corrected chi connectivity index (χ1v) is 7.89. The molecule has 1 heterocycles. The molecule has 0 unspecified atom stereocenters. The van der Waals surface area contributed by atoms with E-state index in [2.05, 4.69) is 4.90 Å². The van der Waals surface area contributed by atoms with Crippen LogP contribution in [0, 0.1) is 10.1 Å². The molecule has 0 amide bonds. The van der Waals surface area contributed by atoms with E-state index in [0.29, 0.717) is 13.2 Å². The Balaban J connectivity index is 2.19. The molecule has 1 aromatic carbocycles. The summed E-state index contributed by atoms with van der Waals surface area (Å²) in [7, 11) is 0. The summed E-state index contributed by atoms with van der Waals surface area (Å²) in [5, 5.41) is 11.2. The van der Waals surface area contributed by atoms with Crippen LogP contribution in [0.5, 0.6) is 0 Å². The van der Waals surface area contributed by atoms with E-state index < -0.39 is 0 Å². The van der Waals surface area contributed by atoms with Crippen molar-refractivity contribution in [3.05, 3.63) is 33.9 Å². The third kappa shape index (κ3) is 4.89. The van der Waals surface area contributed by atoms with Crippen molar-refractivity contribution < 1.29 is 14.4 Å². The molecule has 1 fully saturated rings. The van der Waals surface area contributed by atoms with Crippen molar-refractivity contribution in [3.63, 3.8) is 0 Å². The molecule has 0 bridgehead atoms. The maximum atomic E-state index is 11.2. The molecular formula is C16H25N3O4. The number of rotatable bonds is 6. The van der Waals surface area contributed by atoms with E-state index in [-0.39, 0.29) is 28.9 Å². The molecule has 128 valence electrons. The lowest BCUT2D eigenvalue weighted by molar-refractivity contribution is -0.384. The monoisotopic (exact) mass is 323 g/mol. The van der Waals surface area contributed by atoms with Crippen LogP contribution in [-0.4, -0.2) is 42.9 Å². The number of nitrogens with two attached hydrogens (primary N) is 1. The number of non-ortho nitro benzene ring substituents is 1. The number of anilines is 1. The second kappa shape index (κ2) is 7.72. The van der Waals surface area contributed by atoms with E-state index >= 15 is 0 Å². The second-order valence-electron chi connectivity index (χ2n) is 6.12. The van der Waals surface area contributed by atoms with Crippen LogP contribution in [0.2, 0.25) is 0 Å². The van der Waals surface area contributed by atoms with Gasteiger partial charge in [0.2, 0.25) is 0 Å². The zero-order valence-electron chi connectivity index (χ0n) is 13.9. The molecule has 1 saturated heterocycles. The van der Waals surface area contributed by atoms with Crippen LogP contribution in [-0.2, 0) is 16.1 Å². The third-order valence-electron chi connectivity index (χ3n) is 4.03. The van der Waals surface area contributed by atoms with E-state index in [1.807, 2.05) is 26.8 Å². The lowest BCUT2D eigenvalue weighted by Gasteiger charge is -2.33. The lowest BCUT2D eigenvalue weighted by atomic mass is 10.1. The largest absolute Gasteiger partial charge is 0.375 e. The highest BCUT2D eigenvalue weighted by atomic mass is 16.6. The van der Waals surface area contributed by atoms with Gasteiger partial charge in [0.25, 0.3) is 5.69 Å². The first kappa shape index (κ1) is 17.7. The van der Waals surface area contributed by atoms with Crippen molar-refractivity contribution >= 4 is 11.4 Å². The first-order chi connectivity index (χ1) is 10.9. The molecule has 7 heteroatoms. The summed E-state index contributed by atoms with van der Waals surface area (Å²) in [5.74, 6) is 0. The molecule has 3 atom stereocenters. The minimum absolute atomic E-state index is 0.0775. The summed E-state index contributed by atoms with van der Waals surface area (Å²) in [4.78, 5) is 12.9. The number of benzene rings is 1. The minimum Gasteiger partial charge on any atom is -0.375 e. The Labute approximate surface area is 136 Å². The van der Waals surface area contributed by atoms with Crippen molar-refractivity contribution in [2.75, 3.05) is 24.6 Å². The van der Waals surface area contributed by atoms with Gasteiger partial charge in [0.05, 0.1) is 30.3 Å². The van der Waals surface area contributed by atoms with E-state index in [0.717, 1.165) is 24.3 Å².